The molecule has 2 N–H and O–H groups in total. The lowest BCUT2D eigenvalue weighted by Crippen LogP contribution is -2.42. The molecule has 0 radical (unpaired) electrons. The van der Waals surface area contributed by atoms with Crippen molar-refractivity contribution in [1.82, 2.24) is 10.6 Å². The van der Waals surface area contributed by atoms with Crippen molar-refractivity contribution in [3.05, 3.63) is 58.3 Å². The van der Waals surface area contributed by atoms with Crippen LogP contribution in [0.2, 0.25) is 0 Å². The van der Waals surface area contributed by atoms with Gasteiger partial charge in [0, 0.05) is 17.0 Å². The van der Waals surface area contributed by atoms with Gasteiger partial charge >= 0.3 is 12.0 Å². The monoisotopic (exact) mass is 360 g/mol. The van der Waals surface area contributed by atoms with Crippen LogP contribution in [0.3, 0.4) is 0 Å². The smallest absolute Gasteiger partial charge is 0.321 e. The molecule has 6 nitrogen and oxygen atoms in total. The molecule has 0 unspecified atom stereocenters. The van der Waals surface area contributed by atoms with Gasteiger partial charge in [0.2, 0.25) is 6.10 Å². The van der Waals surface area contributed by atoms with E-state index in [1.807, 2.05) is 17.5 Å². The predicted molar refractivity (Wildman–Crippen MR) is 95.1 cm³/mol. The highest BCUT2D eigenvalue weighted by atomic mass is 32.1. The van der Waals surface area contributed by atoms with Crippen molar-refractivity contribution >= 4 is 29.2 Å². The van der Waals surface area contributed by atoms with Gasteiger partial charge < -0.3 is 10.1 Å². The number of ether oxygens (including phenoxy) is 1. The Labute approximate surface area is 150 Å². The lowest BCUT2D eigenvalue weighted by Gasteiger charge is -2.17. The molecule has 1 aromatic carbocycles. The molecule has 0 aliphatic rings. The number of urea groups is 1. The molecular weight excluding hydrogens is 340 g/mol. The Kier molecular flexibility index (Phi) is 7.16. The average molecular weight is 360 g/mol. The number of hydrogen-bond donors (Lipinski definition) is 2. The highest BCUT2D eigenvalue weighted by Crippen LogP contribution is 2.19. The summed E-state index contributed by atoms with van der Waals surface area (Å²) < 4.78 is 5.35. The predicted octanol–water partition coefficient (Wildman–Crippen LogP) is 2.81. The van der Waals surface area contributed by atoms with Crippen LogP contribution in [0.5, 0.6) is 0 Å². The van der Waals surface area contributed by atoms with Crippen molar-refractivity contribution in [2.75, 3.05) is 6.54 Å². The molecule has 0 spiro atoms. The summed E-state index contributed by atoms with van der Waals surface area (Å²) in [5, 5.41) is 6.60. The fourth-order valence-corrected chi connectivity index (χ4v) is 2.86. The molecule has 0 aliphatic carbocycles. The molecule has 0 saturated heterocycles. The minimum atomic E-state index is -1.17. The summed E-state index contributed by atoms with van der Waals surface area (Å²) in [6, 6.07) is 11.8. The second kappa shape index (κ2) is 9.58. The van der Waals surface area contributed by atoms with E-state index in [4.69, 9.17) is 4.74 Å². The number of nitrogens with one attached hydrogen (secondary N) is 2. The summed E-state index contributed by atoms with van der Waals surface area (Å²) in [7, 11) is 0. The summed E-state index contributed by atoms with van der Waals surface area (Å²) in [6.07, 6.45) is -0.450. The zero-order valence-electron chi connectivity index (χ0n) is 13.9. The Morgan fingerprint density at radius 3 is 2.52 bits per heavy atom. The van der Waals surface area contributed by atoms with E-state index in [0.29, 0.717) is 18.5 Å². The van der Waals surface area contributed by atoms with Gasteiger partial charge in [-0.1, -0.05) is 36.4 Å². The summed E-state index contributed by atoms with van der Waals surface area (Å²) in [5.41, 5.74) is 0.508. The molecule has 0 fully saturated rings. The molecule has 1 atom stereocenters. The Morgan fingerprint density at radius 2 is 1.88 bits per heavy atom. The molecule has 0 bridgehead atoms. The van der Waals surface area contributed by atoms with Gasteiger partial charge in [0.05, 0.1) is 6.42 Å². The maximum atomic E-state index is 12.4. The molecule has 1 heterocycles. The van der Waals surface area contributed by atoms with Crippen LogP contribution < -0.4 is 10.6 Å². The van der Waals surface area contributed by atoms with Crippen molar-refractivity contribution in [2.24, 2.45) is 0 Å². The zero-order chi connectivity index (χ0) is 18.1. The molecule has 2 aromatic rings. The number of carbonyl (C=O) groups excluding carboxylic acids is 3. The van der Waals surface area contributed by atoms with Crippen LogP contribution >= 0.6 is 11.3 Å². The van der Waals surface area contributed by atoms with Crippen LogP contribution in [-0.2, 0) is 20.7 Å². The summed E-state index contributed by atoms with van der Waals surface area (Å²) in [4.78, 5) is 37.1. The molecular formula is C18H20N2O4S. The highest BCUT2D eigenvalue weighted by Gasteiger charge is 2.26. The van der Waals surface area contributed by atoms with Crippen LogP contribution in [0.25, 0.3) is 0 Å². The first-order valence-electron chi connectivity index (χ1n) is 7.95. The van der Waals surface area contributed by atoms with E-state index in [1.54, 1.807) is 48.6 Å². The third-order valence-corrected chi connectivity index (χ3v) is 4.26. The quantitative estimate of drug-likeness (QED) is 0.744. The number of rotatable bonds is 7. The molecule has 3 amide bonds. The Balaban J connectivity index is 2.02. The SMILES string of the molecule is CCNC(=O)NC(=O)[C@@H](OC(=O)CCc1cccs1)c1ccccc1. The lowest BCUT2D eigenvalue weighted by molar-refractivity contribution is -0.156. The Hall–Kier alpha value is -2.67. The summed E-state index contributed by atoms with van der Waals surface area (Å²) in [6.45, 7) is 2.12. The van der Waals surface area contributed by atoms with E-state index < -0.39 is 24.0 Å². The Morgan fingerprint density at radius 1 is 1.12 bits per heavy atom. The van der Waals surface area contributed by atoms with E-state index in [9.17, 15) is 14.4 Å². The fraction of sp³-hybridized carbons (Fsp3) is 0.278. The zero-order valence-corrected chi connectivity index (χ0v) is 14.7. The van der Waals surface area contributed by atoms with E-state index >= 15 is 0 Å². The lowest BCUT2D eigenvalue weighted by atomic mass is 10.1. The van der Waals surface area contributed by atoms with Crippen LogP contribution in [-0.4, -0.2) is 24.5 Å². The van der Waals surface area contributed by atoms with Crippen LogP contribution in [0.4, 0.5) is 4.79 Å². The number of aryl methyl sites for hydroxylation is 1. The molecule has 2 rings (SSSR count). The summed E-state index contributed by atoms with van der Waals surface area (Å²) >= 11 is 1.56. The maximum absolute atomic E-state index is 12.4. The fourth-order valence-electron chi connectivity index (χ4n) is 2.15. The van der Waals surface area contributed by atoms with Gasteiger partial charge in [0.25, 0.3) is 5.91 Å². The van der Waals surface area contributed by atoms with Gasteiger partial charge in [-0.2, -0.15) is 0 Å². The number of carbonyl (C=O) groups is 3. The number of imide groups is 1. The van der Waals surface area contributed by atoms with Gasteiger partial charge in [0.15, 0.2) is 0 Å². The standard InChI is InChI=1S/C18H20N2O4S/c1-2-19-18(23)20-17(22)16(13-7-4-3-5-8-13)24-15(21)11-10-14-9-6-12-25-14/h3-9,12,16H,2,10-11H2,1H3,(H2,19,20,22,23)/t16-/m0/s1. The first kappa shape index (κ1) is 18.7. The Bertz CT molecular complexity index is 701. The van der Waals surface area contributed by atoms with Crippen LogP contribution in [0.15, 0.2) is 47.8 Å². The first-order valence-corrected chi connectivity index (χ1v) is 8.83. The number of benzene rings is 1. The van der Waals surface area contributed by atoms with E-state index in [0.717, 1.165) is 4.88 Å². The first-order chi connectivity index (χ1) is 12.1. The highest BCUT2D eigenvalue weighted by molar-refractivity contribution is 7.09. The van der Waals surface area contributed by atoms with Crippen LogP contribution in [0.1, 0.15) is 29.9 Å². The topological polar surface area (TPSA) is 84.5 Å². The van der Waals surface area contributed by atoms with E-state index in [2.05, 4.69) is 10.6 Å². The summed E-state index contributed by atoms with van der Waals surface area (Å²) in [5.74, 6) is -1.17. The van der Waals surface area contributed by atoms with Crippen molar-refractivity contribution in [3.8, 4) is 0 Å². The van der Waals surface area contributed by atoms with Gasteiger partial charge in [-0.05, 0) is 24.8 Å². The third-order valence-electron chi connectivity index (χ3n) is 3.32. The minimum absolute atomic E-state index is 0.165. The van der Waals surface area contributed by atoms with Gasteiger partial charge in [-0.3, -0.25) is 14.9 Å². The second-order valence-electron chi connectivity index (χ2n) is 5.21. The average Bonchev–Trinajstić information content (AvgIpc) is 3.12. The molecule has 0 saturated carbocycles. The van der Waals surface area contributed by atoms with Crippen molar-refractivity contribution in [3.63, 3.8) is 0 Å². The molecule has 132 valence electrons. The van der Waals surface area contributed by atoms with Gasteiger partial charge in [-0.15, -0.1) is 11.3 Å². The van der Waals surface area contributed by atoms with Crippen LogP contribution in [0, 0.1) is 0 Å². The van der Waals surface area contributed by atoms with Crippen molar-refractivity contribution < 1.29 is 19.1 Å². The third kappa shape index (κ3) is 6.04. The maximum Gasteiger partial charge on any atom is 0.321 e. The van der Waals surface area contributed by atoms with Gasteiger partial charge in [-0.25, -0.2) is 4.79 Å². The molecule has 25 heavy (non-hydrogen) atoms. The molecule has 7 heteroatoms. The largest absolute Gasteiger partial charge is 0.447 e. The van der Waals surface area contributed by atoms with Crippen molar-refractivity contribution in [2.45, 2.75) is 25.9 Å². The number of hydrogen-bond acceptors (Lipinski definition) is 5. The normalized spacial score (nSPS) is 11.4. The number of esters is 1. The number of thiophene rings is 1. The molecule has 1 aromatic heterocycles. The van der Waals surface area contributed by atoms with Gasteiger partial charge in [0.1, 0.15) is 0 Å². The molecule has 0 aliphatic heterocycles. The van der Waals surface area contributed by atoms with E-state index in [-0.39, 0.29) is 6.42 Å². The van der Waals surface area contributed by atoms with E-state index in [1.165, 1.54) is 0 Å². The minimum Gasteiger partial charge on any atom is -0.447 e. The van der Waals surface area contributed by atoms with Crippen molar-refractivity contribution in [1.29, 1.82) is 0 Å². The number of amides is 3. The second-order valence-corrected chi connectivity index (χ2v) is 6.24.